The number of hydrogen-bond donors (Lipinski definition) is 0. The summed E-state index contributed by atoms with van der Waals surface area (Å²) in [5, 5.41) is 0. The van der Waals surface area contributed by atoms with Crippen LogP contribution in [0.15, 0.2) is 28.7 Å². The zero-order chi connectivity index (χ0) is 16.9. The first kappa shape index (κ1) is 17.7. The number of rotatable bonds is 4. The quantitative estimate of drug-likeness (QED) is 0.782. The van der Waals surface area contributed by atoms with Crippen molar-refractivity contribution in [1.29, 1.82) is 0 Å². The molecule has 0 N–H and O–H groups in total. The first-order chi connectivity index (χ1) is 11.6. The molecule has 0 unspecified atom stereocenters. The lowest BCUT2D eigenvalue weighted by Gasteiger charge is -2.42. The molecule has 1 saturated carbocycles. The van der Waals surface area contributed by atoms with E-state index in [0.29, 0.717) is 0 Å². The molecule has 1 aliphatic carbocycles. The summed E-state index contributed by atoms with van der Waals surface area (Å²) in [6, 6.07) is 8.32. The van der Waals surface area contributed by atoms with Crippen molar-refractivity contribution in [1.82, 2.24) is 9.80 Å². The van der Waals surface area contributed by atoms with Crippen LogP contribution < -0.4 is 4.74 Å². The van der Waals surface area contributed by atoms with E-state index in [1.54, 1.807) is 0 Å². The van der Waals surface area contributed by atoms with Gasteiger partial charge in [-0.1, -0.05) is 35.7 Å². The van der Waals surface area contributed by atoms with Crippen molar-refractivity contribution in [3.8, 4) is 5.75 Å². The van der Waals surface area contributed by atoms with E-state index in [-0.39, 0.29) is 12.5 Å². The largest absolute Gasteiger partial charge is 0.484 e. The third-order valence-corrected chi connectivity index (χ3v) is 5.80. The standard InChI is InChI=1S/C19H27BrN2O2/c1-15-3-2-4-17(13-15)21-9-11-22(12-10-21)19(23)14-24-18-7-5-16(20)6-8-18/h5-8,15,17H,2-4,9-14H2,1H3/t15-,17-/m1/s1. The SMILES string of the molecule is C[C@@H]1CCC[C@@H](N2CCN(C(=O)COc3ccc(Br)cc3)CC2)C1. The molecule has 132 valence electrons. The minimum atomic E-state index is 0.0922. The Labute approximate surface area is 153 Å². The van der Waals surface area contributed by atoms with Crippen molar-refractivity contribution in [2.75, 3.05) is 32.8 Å². The van der Waals surface area contributed by atoms with E-state index in [9.17, 15) is 4.79 Å². The van der Waals surface area contributed by atoms with Gasteiger partial charge < -0.3 is 9.64 Å². The molecule has 5 heteroatoms. The summed E-state index contributed by atoms with van der Waals surface area (Å²) in [5.74, 6) is 1.68. The maximum Gasteiger partial charge on any atom is 0.260 e. The molecule has 2 fully saturated rings. The lowest BCUT2D eigenvalue weighted by molar-refractivity contribution is -0.135. The molecular formula is C19H27BrN2O2. The van der Waals surface area contributed by atoms with Crippen molar-refractivity contribution in [2.45, 2.75) is 38.6 Å². The van der Waals surface area contributed by atoms with Crippen molar-refractivity contribution >= 4 is 21.8 Å². The van der Waals surface area contributed by atoms with Crippen molar-refractivity contribution in [2.24, 2.45) is 5.92 Å². The molecule has 1 aliphatic heterocycles. The smallest absolute Gasteiger partial charge is 0.260 e. The molecule has 0 aromatic heterocycles. The summed E-state index contributed by atoms with van der Waals surface area (Å²) in [6.07, 6.45) is 5.37. The monoisotopic (exact) mass is 394 g/mol. The van der Waals surface area contributed by atoms with E-state index in [4.69, 9.17) is 4.74 Å². The van der Waals surface area contributed by atoms with Crippen LogP contribution in [0.4, 0.5) is 0 Å². The molecule has 2 aliphatic rings. The molecule has 1 aromatic rings. The van der Waals surface area contributed by atoms with E-state index in [1.807, 2.05) is 29.2 Å². The summed E-state index contributed by atoms with van der Waals surface area (Å²) in [7, 11) is 0. The fourth-order valence-electron chi connectivity index (χ4n) is 3.84. The third kappa shape index (κ3) is 4.73. The highest BCUT2D eigenvalue weighted by molar-refractivity contribution is 9.10. The number of carbonyl (C=O) groups excluding carboxylic acids is 1. The zero-order valence-electron chi connectivity index (χ0n) is 14.4. The van der Waals surface area contributed by atoms with Crippen LogP contribution in [0.25, 0.3) is 0 Å². The summed E-state index contributed by atoms with van der Waals surface area (Å²) >= 11 is 3.39. The molecule has 1 amide bonds. The first-order valence-corrected chi connectivity index (χ1v) is 9.81. The number of carbonyl (C=O) groups is 1. The van der Waals surface area contributed by atoms with Gasteiger partial charge in [0.25, 0.3) is 5.91 Å². The molecule has 0 radical (unpaired) electrons. The van der Waals surface area contributed by atoms with E-state index in [2.05, 4.69) is 27.8 Å². The molecule has 0 bridgehead atoms. The van der Waals surface area contributed by atoms with Crippen LogP contribution in [0.1, 0.15) is 32.6 Å². The van der Waals surface area contributed by atoms with Gasteiger partial charge in [0, 0.05) is 36.7 Å². The van der Waals surface area contributed by atoms with Crippen molar-refractivity contribution in [3.63, 3.8) is 0 Å². The Hall–Kier alpha value is -1.07. The Kier molecular flexibility index (Phi) is 6.17. The molecule has 1 heterocycles. The van der Waals surface area contributed by atoms with Gasteiger partial charge in [-0.3, -0.25) is 9.69 Å². The van der Waals surface area contributed by atoms with Crippen LogP contribution in [0, 0.1) is 5.92 Å². The predicted octanol–water partition coefficient (Wildman–Crippen LogP) is 3.55. The maximum atomic E-state index is 12.3. The van der Waals surface area contributed by atoms with Gasteiger partial charge in [0.15, 0.2) is 6.61 Å². The molecule has 1 saturated heterocycles. The average Bonchev–Trinajstić information content (AvgIpc) is 2.61. The number of ether oxygens (including phenoxy) is 1. The summed E-state index contributed by atoms with van der Waals surface area (Å²) in [5.41, 5.74) is 0. The highest BCUT2D eigenvalue weighted by atomic mass is 79.9. The van der Waals surface area contributed by atoms with Crippen LogP contribution in [0.2, 0.25) is 0 Å². The summed E-state index contributed by atoms with van der Waals surface area (Å²) in [6.45, 7) is 6.15. The molecule has 2 atom stereocenters. The lowest BCUT2D eigenvalue weighted by atomic mass is 9.86. The molecule has 3 rings (SSSR count). The fraction of sp³-hybridized carbons (Fsp3) is 0.632. The number of piperazine rings is 1. The van der Waals surface area contributed by atoms with Gasteiger partial charge in [-0.25, -0.2) is 0 Å². The number of benzene rings is 1. The van der Waals surface area contributed by atoms with Crippen LogP contribution in [-0.4, -0.2) is 54.5 Å². The fourth-order valence-corrected chi connectivity index (χ4v) is 4.10. The van der Waals surface area contributed by atoms with Crippen LogP contribution in [0.3, 0.4) is 0 Å². The molecule has 1 aromatic carbocycles. The highest BCUT2D eigenvalue weighted by Crippen LogP contribution is 2.28. The van der Waals surface area contributed by atoms with E-state index in [0.717, 1.165) is 48.4 Å². The zero-order valence-corrected chi connectivity index (χ0v) is 16.0. The van der Waals surface area contributed by atoms with Crippen molar-refractivity contribution in [3.05, 3.63) is 28.7 Å². The molecular weight excluding hydrogens is 368 g/mol. The molecule has 24 heavy (non-hydrogen) atoms. The maximum absolute atomic E-state index is 12.3. The third-order valence-electron chi connectivity index (χ3n) is 5.27. The van der Waals surface area contributed by atoms with Crippen molar-refractivity contribution < 1.29 is 9.53 Å². The van der Waals surface area contributed by atoms with Crippen LogP contribution in [0.5, 0.6) is 5.75 Å². The Morgan fingerprint density at radius 3 is 2.54 bits per heavy atom. The summed E-state index contributed by atoms with van der Waals surface area (Å²) < 4.78 is 6.62. The average molecular weight is 395 g/mol. The number of nitrogens with zero attached hydrogens (tertiary/aromatic N) is 2. The van der Waals surface area contributed by atoms with E-state index >= 15 is 0 Å². The van der Waals surface area contributed by atoms with Gasteiger partial charge in [-0.2, -0.15) is 0 Å². The van der Waals surface area contributed by atoms with Crippen LogP contribution in [-0.2, 0) is 4.79 Å². The second-order valence-corrected chi connectivity index (χ2v) is 8.00. The van der Waals surface area contributed by atoms with Gasteiger partial charge in [-0.15, -0.1) is 0 Å². The van der Waals surface area contributed by atoms with E-state index < -0.39 is 0 Å². The van der Waals surface area contributed by atoms with Gasteiger partial charge in [-0.05, 0) is 43.0 Å². The van der Waals surface area contributed by atoms with Gasteiger partial charge >= 0.3 is 0 Å². The van der Waals surface area contributed by atoms with Crippen LogP contribution >= 0.6 is 15.9 Å². The minimum absolute atomic E-state index is 0.0922. The number of hydrogen-bond acceptors (Lipinski definition) is 3. The Bertz CT molecular complexity index is 541. The number of halogens is 1. The van der Waals surface area contributed by atoms with Gasteiger partial charge in [0.1, 0.15) is 5.75 Å². The summed E-state index contributed by atoms with van der Waals surface area (Å²) in [4.78, 5) is 16.9. The Balaban J connectivity index is 1.42. The topological polar surface area (TPSA) is 32.8 Å². The first-order valence-electron chi connectivity index (χ1n) is 9.02. The van der Waals surface area contributed by atoms with Gasteiger partial charge in [0.2, 0.25) is 0 Å². The highest BCUT2D eigenvalue weighted by Gasteiger charge is 2.28. The molecule has 0 spiro atoms. The Morgan fingerprint density at radius 1 is 1.17 bits per heavy atom. The minimum Gasteiger partial charge on any atom is -0.484 e. The second kappa shape index (κ2) is 8.34. The number of amides is 1. The van der Waals surface area contributed by atoms with Gasteiger partial charge in [0.05, 0.1) is 0 Å². The van der Waals surface area contributed by atoms with E-state index in [1.165, 1.54) is 25.7 Å². The predicted molar refractivity (Wildman–Crippen MR) is 99.2 cm³/mol. The lowest BCUT2D eigenvalue weighted by Crippen LogP contribution is -2.53. The second-order valence-electron chi connectivity index (χ2n) is 7.08. The normalized spacial score (nSPS) is 25.5. The Morgan fingerprint density at radius 2 is 1.88 bits per heavy atom. The molecule has 4 nitrogen and oxygen atoms in total.